The van der Waals surface area contributed by atoms with Crippen molar-refractivity contribution < 1.29 is 43.9 Å². The zero-order valence-corrected chi connectivity index (χ0v) is 13.2. The minimum absolute atomic E-state index is 0.777. The van der Waals surface area contributed by atoms with Crippen molar-refractivity contribution in [1.29, 1.82) is 0 Å². The highest BCUT2D eigenvalue weighted by atomic mass is 28.4. The van der Waals surface area contributed by atoms with Gasteiger partial charge in [-0.3, -0.25) is 0 Å². The quantitative estimate of drug-likeness (QED) is 0.448. The van der Waals surface area contributed by atoms with Crippen LogP contribution in [0.1, 0.15) is 13.8 Å². The summed E-state index contributed by atoms with van der Waals surface area (Å²) in [5, 5.41) is 0. The summed E-state index contributed by atoms with van der Waals surface area (Å²) in [5.74, 6) is -15.3. The molecule has 0 radical (unpaired) electrons. The van der Waals surface area contributed by atoms with E-state index < -0.39 is 50.8 Å². The molecule has 0 saturated carbocycles. The topological polar surface area (TPSA) is 9.23 Å². The average molecular weight is 364 g/mol. The zero-order chi connectivity index (χ0) is 18.1. The molecule has 0 N–H and O–H groups in total. The predicted molar refractivity (Wildman–Crippen MR) is 64.3 cm³/mol. The van der Waals surface area contributed by atoms with Crippen LogP contribution >= 0.6 is 0 Å². The molecule has 1 nitrogen and oxygen atoms in total. The van der Waals surface area contributed by atoms with Gasteiger partial charge in [0.1, 0.15) is 0 Å². The Morgan fingerprint density at radius 3 is 1.55 bits per heavy atom. The number of alkyl halides is 9. The molecule has 0 aromatic rings. The maximum Gasteiger partial charge on any atom is 0.346 e. The summed E-state index contributed by atoms with van der Waals surface area (Å²) in [7, 11) is -4.10. The number of hydrogen-bond donors (Lipinski definition) is 0. The normalized spacial score (nSPS) is 18.7. The fraction of sp³-hybridized carbons (Fsp3) is 1.00. The van der Waals surface area contributed by atoms with Crippen molar-refractivity contribution >= 4 is 8.32 Å². The number of hydrogen-bond acceptors (Lipinski definition) is 1. The van der Waals surface area contributed by atoms with E-state index in [1.54, 1.807) is 0 Å². The van der Waals surface area contributed by atoms with E-state index in [9.17, 15) is 39.5 Å². The summed E-state index contributed by atoms with van der Waals surface area (Å²) in [6, 6.07) is 0. The molecule has 0 heterocycles. The van der Waals surface area contributed by atoms with Crippen molar-refractivity contribution in [3.63, 3.8) is 0 Å². The van der Waals surface area contributed by atoms with Crippen molar-refractivity contribution in [2.75, 3.05) is 0 Å². The summed E-state index contributed by atoms with van der Waals surface area (Å²) < 4.78 is 122. The lowest BCUT2D eigenvalue weighted by Gasteiger charge is -2.38. The molecule has 0 bridgehead atoms. The number of rotatable bonds is 8. The fourth-order valence-electron chi connectivity index (χ4n) is 1.78. The van der Waals surface area contributed by atoms with Gasteiger partial charge in [-0.1, -0.05) is 0 Å². The highest BCUT2D eigenvalue weighted by Crippen LogP contribution is 2.46. The van der Waals surface area contributed by atoms with Crippen LogP contribution in [0.5, 0.6) is 0 Å². The van der Waals surface area contributed by atoms with Crippen LogP contribution in [0.4, 0.5) is 39.5 Å². The average Bonchev–Trinajstić information content (AvgIpc) is 2.33. The first-order chi connectivity index (χ1) is 9.59. The molecular weight excluding hydrogens is 347 g/mol. The van der Waals surface area contributed by atoms with Crippen molar-refractivity contribution in [2.45, 2.75) is 69.5 Å². The Balaban J connectivity index is 5.50. The van der Waals surface area contributed by atoms with E-state index in [1.165, 1.54) is 13.8 Å². The third-order valence-corrected chi connectivity index (χ3v) is 5.44. The van der Waals surface area contributed by atoms with Crippen molar-refractivity contribution in [1.82, 2.24) is 0 Å². The Morgan fingerprint density at radius 2 is 1.23 bits per heavy atom. The summed E-state index contributed by atoms with van der Waals surface area (Å²) in [4.78, 5) is 0. The standard InChI is InChI=1S/C11H17F9OSi/c1-5(2)21-22(3,4)9(16)11(19,20)10(17,18)7(13)6(12)8(14)15/h5-9H,1-4H3. The Bertz CT molecular complexity index is 361. The molecule has 22 heavy (non-hydrogen) atoms. The minimum atomic E-state index is -5.95. The molecule has 0 fully saturated rings. The zero-order valence-electron chi connectivity index (χ0n) is 12.2. The summed E-state index contributed by atoms with van der Waals surface area (Å²) >= 11 is 0. The van der Waals surface area contributed by atoms with Crippen LogP contribution in [0.2, 0.25) is 13.1 Å². The lowest BCUT2D eigenvalue weighted by atomic mass is 10.0. The third kappa shape index (κ3) is 4.30. The second-order valence-electron chi connectivity index (χ2n) is 5.56. The molecule has 0 rings (SSSR count). The van der Waals surface area contributed by atoms with Crippen LogP contribution in [0, 0.1) is 0 Å². The molecule has 0 aromatic carbocycles. The van der Waals surface area contributed by atoms with Crippen LogP contribution in [0.15, 0.2) is 0 Å². The first kappa shape index (κ1) is 21.5. The van der Waals surface area contributed by atoms with E-state index in [1.807, 2.05) is 0 Å². The highest BCUT2D eigenvalue weighted by Gasteiger charge is 2.72. The van der Waals surface area contributed by atoms with Gasteiger partial charge in [-0.2, -0.15) is 17.6 Å². The lowest BCUT2D eigenvalue weighted by molar-refractivity contribution is -0.268. The monoisotopic (exact) mass is 364 g/mol. The Hall–Kier alpha value is -0.453. The van der Waals surface area contributed by atoms with Crippen molar-refractivity contribution in [3.8, 4) is 0 Å². The Kier molecular flexibility index (Phi) is 6.83. The maximum absolute atomic E-state index is 13.9. The van der Waals surface area contributed by atoms with Gasteiger partial charge in [-0.15, -0.1) is 0 Å². The Morgan fingerprint density at radius 1 is 0.818 bits per heavy atom. The first-order valence-corrected chi connectivity index (χ1v) is 9.21. The van der Waals surface area contributed by atoms with Crippen LogP contribution in [-0.4, -0.2) is 50.8 Å². The van der Waals surface area contributed by atoms with E-state index in [0.717, 1.165) is 13.1 Å². The van der Waals surface area contributed by atoms with Gasteiger partial charge in [0.25, 0.3) is 6.43 Å². The van der Waals surface area contributed by atoms with Gasteiger partial charge < -0.3 is 4.43 Å². The van der Waals surface area contributed by atoms with E-state index in [-0.39, 0.29) is 0 Å². The molecule has 0 saturated heterocycles. The van der Waals surface area contributed by atoms with Crippen LogP contribution < -0.4 is 0 Å². The highest BCUT2D eigenvalue weighted by molar-refractivity contribution is 6.72. The van der Waals surface area contributed by atoms with E-state index in [4.69, 9.17) is 4.43 Å². The van der Waals surface area contributed by atoms with E-state index in [2.05, 4.69) is 0 Å². The molecule has 0 aliphatic heterocycles. The van der Waals surface area contributed by atoms with Crippen LogP contribution in [0.3, 0.4) is 0 Å². The van der Waals surface area contributed by atoms with Gasteiger partial charge in [-0.05, 0) is 26.9 Å². The van der Waals surface area contributed by atoms with Gasteiger partial charge in [0.2, 0.25) is 14.5 Å². The SMILES string of the molecule is CC(C)O[Si](C)(C)C(F)C(F)(F)C(F)(F)C(F)C(F)C(F)F. The molecule has 134 valence electrons. The van der Waals surface area contributed by atoms with Crippen molar-refractivity contribution in [3.05, 3.63) is 0 Å². The van der Waals surface area contributed by atoms with Crippen LogP contribution in [-0.2, 0) is 4.43 Å². The number of halogens is 9. The molecule has 0 aliphatic rings. The molecule has 0 aromatic heterocycles. The van der Waals surface area contributed by atoms with Gasteiger partial charge in [0.15, 0.2) is 12.0 Å². The predicted octanol–water partition coefficient (Wildman–Crippen LogP) is 4.71. The second-order valence-corrected chi connectivity index (χ2v) is 9.51. The fourth-order valence-corrected chi connectivity index (χ4v) is 4.18. The molecule has 0 amide bonds. The smallest absolute Gasteiger partial charge is 0.346 e. The molecule has 0 spiro atoms. The molecule has 11 heteroatoms. The van der Waals surface area contributed by atoms with Crippen molar-refractivity contribution in [2.24, 2.45) is 0 Å². The minimum Gasteiger partial charge on any atom is -0.412 e. The summed E-state index contributed by atoms with van der Waals surface area (Å²) in [6.07, 6.45) is -13.7. The first-order valence-electron chi connectivity index (χ1n) is 6.22. The van der Waals surface area contributed by atoms with Gasteiger partial charge >= 0.3 is 11.8 Å². The van der Waals surface area contributed by atoms with Crippen LogP contribution in [0.25, 0.3) is 0 Å². The molecule has 3 unspecified atom stereocenters. The largest absolute Gasteiger partial charge is 0.412 e. The molecule has 3 atom stereocenters. The molecule has 0 aliphatic carbocycles. The van der Waals surface area contributed by atoms with Gasteiger partial charge in [-0.25, -0.2) is 22.0 Å². The van der Waals surface area contributed by atoms with E-state index >= 15 is 0 Å². The summed E-state index contributed by atoms with van der Waals surface area (Å²) in [6.45, 7) is 4.36. The lowest BCUT2D eigenvalue weighted by Crippen LogP contribution is -2.64. The Labute approximate surface area is 122 Å². The maximum atomic E-state index is 13.9. The molecular formula is C11H17F9OSi. The summed E-state index contributed by atoms with van der Waals surface area (Å²) in [5.41, 5.74) is 0. The van der Waals surface area contributed by atoms with E-state index in [0.29, 0.717) is 0 Å². The van der Waals surface area contributed by atoms with Gasteiger partial charge in [0, 0.05) is 6.10 Å². The second kappa shape index (κ2) is 6.98. The third-order valence-electron chi connectivity index (χ3n) is 2.78. The van der Waals surface area contributed by atoms with Gasteiger partial charge in [0.05, 0.1) is 0 Å².